The molecule has 0 fully saturated rings. The molecule has 0 aliphatic rings. The monoisotopic (exact) mass is 91.0 g/mol. The van der Waals surface area contributed by atoms with Crippen LogP contribution < -0.4 is 0 Å². The van der Waals surface area contributed by atoms with Crippen LogP contribution in [0.3, 0.4) is 0 Å². The lowest BCUT2D eigenvalue weighted by Crippen LogP contribution is -2.07. The average Bonchev–Trinajstić information content (AvgIpc) is 1.36. The molecule has 0 amide bonds. The number of aliphatic carboxylic acids is 1. The quantitative estimate of drug-likeness (QED) is 0.399. The number of carboxylic acid groups (broad SMARTS) is 1. The topological polar surface area (TPSA) is 77.8 Å². The van der Waals surface area contributed by atoms with Crippen LogP contribution in [-0.4, -0.2) is 21.3 Å². The van der Waals surface area contributed by atoms with E-state index in [1.54, 1.807) is 0 Å². The molecule has 0 spiro atoms. The molecule has 0 saturated carbocycles. The van der Waals surface area contributed by atoms with Gasteiger partial charge in [-0.1, -0.05) is 0 Å². The highest BCUT2D eigenvalue weighted by Gasteiger charge is 2.07. The minimum Gasteiger partial charge on any atom is -0.477 e. The fourth-order valence-electron chi connectivity index (χ4n) is 0. The SMILES string of the molecule is O=C(O)[C](O)O. The summed E-state index contributed by atoms with van der Waals surface area (Å²) >= 11 is 0. The summed E-state index contributed by atoms with van der Waals surface area (Å²) in [6.07, 6.45) is -1.57. The maximum absolute atomic E-state index is 9.16. The first-order valence-corrected chi connectivity index (χ1v) is 1.12. The number of carboxylic acids is 1. The normalized spacial score (nSPS) is 9.17. The average molecular weight is 91.0 g/mol. The molecule has 6 heavy (non-hydrogen) atoms. The summed E-state index contributed by atoms with van der Waals surface area (Å²) in [7, 11) is 0. The van der Waals surface area contributed by atoms with E-state index in [1.165, 1.54) is 0 Å². The van der Waals surface area contributed by atoms with Crippen LogP contribution in [0.2, 0.25) is 0 Å². The van der Waals surface area contributed by atoms with Crippen molar-refractivity contribution in [3.8, 4) is 0 Å². The summed E-state index contributed by atoms with van der Waals surface area (Å²) in [5.41, 5.74) is 0. The van der Waals surface area contributed by atoms with E-state index in [4.69, 9.17) is 20.1 Å². The summed E-state index contributed by atoms with van der Waals surface area (Å²) in [4.78, 5) is 9.16. The van der Waals surface area contributed by atoms with E-state index < -0.39 is 12.3 Å². The van der Waals surface area contributed by atoms with Crippen molar-refractivity contribution in [1.29, 1.82) is 0 Å². The molecule has 0 aromatic heterocycles. The molecular weight excluding hydrogens is 88.0 g/mol. The molecule has 3 N–H and O–H groups in total. The van der Waals surface area contributed by atoms with E-state index in [2.05, 4.69) is 0 Å². The second kappa shape index (κ2) is 1.74. The summed E-state index contributed by atoms with van der Waals surface area (Å²) < 4.78 is 0. The highest BCUT2D eigenvalue weighted by atomic mass is 16.5. The minimum atomic E-state index is -1.71. The predicted octanol–water partition coefficient (Wildman–Crippen LogP) is -0.695. The van der Waals surface area contributed by atoms with E-state index in [0.29, 0.717) is 0 Å². The highest BCUT2D eigenvalue weighted by molar-refractivity contribution is 5.77. The van der Waals surface area contributed by atoms with Gasteiger partial charge in [0.25, 0.3) is 0 Å². The van der Waals surface area contributed by atoms with Gasteiger partial charge in [0.15, 0.2) is 0 Å². The molecule has 0 unspecified atom stereocenters. The van der Waals surface area contributed by atoms with E-state index in [-0.39, 0.29) is 0 Å². The number of carbonyl (C=O) groups is 1. The van der Waals surface area contributed by atoms with E-state index >= 15 is 0 Å². The molecule has 0 heterocycles. The molecule has 0 saturated heterocycles. The van der Waals surface area contributed by atoms with E-state index in [1.807, 2.05) is 0 Å². The Balaban J connectivity index is 3.26. The number of aliphatic hydroxyl groups excluding tert-OH is 1. The first kappa shape index (κ1) is 5.39. The molecule has 0 rings (SSSR count). The molecule has 0 bridgehead atoms. The van der Waals surface area contributed by atoms with Crippen molar-refractivity contribution in [2.45, 2.75) is 0 Å². The Hall–Kier alpha value is -0.610. The van der Waals surface area contributed by atoms with Crippen LogP contribution >= 0.6 is 0 Å². The smallest absolute Gasteiger partial charge is 0.370 e. The largest absolute Gasteiger partial charge is 0.477 e. The lowest BCUT2D eigenvalue weighted by atomic mass is 10.7. The fraction of sp³-hybridized carbons (Fsp3) is 0. The summed E-state index contributed by atoms with van der Waals surface area (Å²) in [6.45, 7) is 0. The third-order valence-electron chi connectivity index (χ3n) is 0.191. The lowest BCUT2D eigenvalue weighted by molar-refractivity contribution is -0.148. The maximum atomic E-state index is 9.16. The molecule has 0 aromatic rings. The zero-order chi connectivity index (χ0) is 5.15. The number of aliphatic hydroxyl groups is 2. The van der Waals surface area contributed by atoms with E-state index in [0.717, 1.165) is 0 Å². The fourth-order valence-corrected chi connectivity index (χ4v) is 0. The highest BCUT2D eigenvalue weighted by Crippen LogP contribution is 1.79. The molecule has 0 atom stereocenters. The van der Waals surface area contributed by atoms with Crippen molar-refractivity contribution in [3.05, 3.63) is 6.29 Å². The van der Waals surface area contributed by atoms with Gasteiger partial charge in [-0.15, -0.1) is 0 Å². The molecule has 0 aliphatic heterocycles. The van der Waals surface area contributed by atoms with Gasteiger partial charge in [-0.05, 0) is 0 Å². The van der Waals surface area contributed by atoms with Crippen molar-refractivity contribution >= 4 is 5.97 Å². The van der Waals surface area contributed by atoms with Gasteiger partial charge in [0.1, 0.15) is 0 Å². The second-order valence-corrected chi connectivity index (χ2v) is 0.629. The van der Waals surface area contributed by atoms with Crippen molar-refractivity contribution in [2.24, 2.45) is 0 Å². The van der Waals surface area contributed by atoms with Gasteiger partial charge >= 0.3 is 12.3 Å². The van der Waals surface area contributed by atoms with Crippen LogP contribution in [0, 0.1) is 6.29 Å². The molecule has 4 nitrogen and oxygen atoms in total. The second-order valence-electron chi connectivity index (χ2n) is 0.629. The van der Waals surface area contributed by atoms with Crippen molar-refractivity contribution in [2.75, 3.05) is 0 Å². The number of rotatable bonds is 1. The van der Waals surface area contributed by atoms with Gasteiger partial charge in [-0.2, -0.15) is 0 Å². The Kier molecular flexibility index (Phi) is 1.56. The van der Waals surface area contributed by atoms with Crippen molar-refractivity contribution < 1.29 is 20.1 Å². The molecule has 0 aliphatic carbocycles. The van der Waals surface area contributed by atoms with Gasteiger partial charge in [0.05, 0.1) is 0 Å². The Morgan fingerprint density at radius 1 is 1.17 bits per heavy atom. The Morgan fingerprint density at radius 3 is 1.33 bits per heavy atom. The van der Waals surface area contributed by atoms with Gasteiger partial charge in [0, 0.05) is 0 Å². The molecule has 35 valence electrons. The number of hydrogen-bond acceptors (Lipinski definition) is 3. The maximum Gasteiger partial charge on any atom is 0.370 e. The summed E-state index contributed by atoms with van der Waals surface area (Å²) in [5, 5.41) is 22.5. The van der Waals surface area contributed by atoms with Gasteiger partial charge in [-0.25, -0.2) is 4.79 Å². The van der Waals surface area contributed by atoms with Crippen LogP contribution in [0.4, 0.5) is 0 Å². The van der Waals surface area contributed by atoms with Gasteiger partial charge in [-0.3, -0.25) is 0 Å². The van der Waals surface area contributed by atoms with Crippen LogP contribution in [-0.2, 0) is 4.79 Å². The third-order valence-corrected chi connectivity index (χ3v) is 0.191. The Labute approximate surface area is 33.6 Å². The van der Waals surface area contributed by atoms with Crippen LogP contribution in [0.15, 0.2) is 0 Å². The zero-order valence-corrected chi connectivity index (χ0v) is 2.75. The van der Waals surface area contributed by atoms with Crippen LogP contribution in [0.5, 0.6) is 0 Å². The summed E-state index contributed by atoms with van der Waals surface area (Å²) in [6, 6.07) is 0. The predicted molar refractivity (Wildman–Crippen MR) is 14.8 cm³/mol. The molecule has 0 aromatic carbocycles. The van der Waals surface area contributed by atoms with E-state index in [9.17, 15) is 0 Å². The minimum absolute atomic E-state index is 1.57. The lowest BCUT2D eigenvalue weighted by Gasteiger charge is -1.85. The van der Waals surface area contributed by atoms with Gasteiger partial charge < -0.3 is 15.3 Å². The standard InChI is InChI=1S/C2H3O4/c3-1(4)2(5)6/h3-4H,(H,5,6). The zero-order valence-electron chi connectivity index (χ0n) is 2.75. The third kappa shape index (κ3) is 1.68. The van der Waals surface area contributed by atoms with Crippen molar-refractivity contribution in [1.82, 2.24) is 0 Å². The van der Waals surface area contributed by atoms with Crippen LogP contribution in [0.25, 0.3) is 0 Å². The first-order chi connectivity index (χ1) is 2.64. The molecule has 1 radical (unpaired) electrons. The Morgan fingerprint density at radius 2 is 1.33 bits per heavy atom. The molecular formula is C2H3O4. The van der Waals surface area contributed by atoms with Gasteiger partial charge in [0.2, 0.25) is 0 Å². The Bertz CT molecular complexity index is 56.6. The van der Waals surface area contributed by atoms with Crippen LogP contribution in [0.1, 0.15) is 0 Å². The molecule has 4 heteroatoms. The summed E-state index contributed by atoms with van der Waals surface area (Å²) in [5.74, 6) is -1.71. The number of hydrogen-bond donors (Lipinski definition) is 3. The van der Waals surface area contributed by atoms with Crippen molar-refractivity contribution in [3.63, 3.8) is 0 Å². The first-order valence-electron chi connectivity index (χ1n) is 1.12.